The molecule has 4 aromatic carbocycles. The molecule has 0 saturated carbocycles. The van der Waals surface area contributed by atoms with E-state index in [0.717, 1.165) is 33.6 Å². The Morgan fingerprint density at radius 1 is 0.538 bits per heavy atom. The van der Waals surface area contributed by atoms with E-state index in [-0.39, 0.29) is 12.3 Å². The van der Waals surface area contributed by atoms with Crippen molar-refractivity contribution in [1.82, 2.24) is 15.0 Å². The fraction of sp³-hybridized carbons (Fsp3) is 0.0588. The van der Waals surface area contributed by atoms with Crippen molar-refractivity contribution in [3.05, 3.63) is 127 Å². The number of hydrogen-bond donors (Lipinski definition) is 0. The monoisotopic (exact) mass is 507 g/mol. The maximum Gasteiger partial charge on any atom is 0.357 e. The second-order valence-corrected chi connectivity index (χ2v) is 8.99. The Labute approximate surface area is 226 Å². The molecule has 188 valence electrons. The summed E-state index contributed by atoms with van der Waals surface area (Å²) in [6.45, 7) is 2.03. The first-order chi connectivity index (χ1) is 19.2. The molecule has 0 unspecified atom stereocenters. The van der Waals surface area contributed by atoms with Crippen molar-refractivity contribution in [3.63, 3.8) is 0 Å². The number of rotatable bonds is 6. The Balaban J connectivity index is 1.80. The number of carbonyl (C=O) groups excluding carboxylic acids is 1. The van der Waals surface area contributed by atoms with Crippen molar-refractivity contribution < 1.29 is 9.53 Å². The van der Waals surface area contributed by atoms with Crippen molar-refractivity contribution in [2.75, 3.05) is 6.61 Å². The molecule has 5 heteroatoms. The SMILES string of the molecule is CCOC(=O)c1nc(-c2ccccc2)c2nc(-c3ccccc3)c(-c3ccccc3)nc2c1-c1ccccc1. The van der Waals surface area contributed by atoms with Gasteiger partial charge in [0.1, 0.15) is 11.0 Å². The van der Waals surface area contributed by atoms with Crippen LogP contribution in [-0.4, -0.2) is 27.5 Å². The van der Waals surface area contributed by atoms with Gasteiger partial charge in [-0.1, -0.05) is 121 Å². The van der Waals surface area contributed by atoms with E-state index in [1.165, 1.54) is 0 Å². The lowest BCUT2D eigenvalue weighted by molar-refractivity contribution is 0.0521. The highest BCUT2D eigenvalue weighted by molar-refractivity contribution is 6.09. The molecule has 2 aromatic heterocycles. The topological polar surface area (TPSA) is 65.0 Å². The fourth-order valence-electron chi connectivity index (χ4n) is 4.72. The summed E-state index contributed by atoms with van der Waals surface area (Å²) in [6, 6.07) is 39.5. The summed E-state index contributed by atoms with van der Waals surface area (Å²) in [5, 5.41) is 0. The number of ether oxygens (including phenoxy) is 1. The van der Waals surface area contributed by atoms with Gasteiger partial charge >= 0.3 is 5.97 Å². The molecule has 6 rings (SSSR count). The second kappa shape index (κ2) is 10.7. The Kier molecular flexibility index (Phi) is 6.62. The van der Waals surface area contributed by atoms with E-state index < -0.39 is 5.97 Å². The van der Waals surface area contributed by atoms with Crippen LogP contribution in [0.5, 0.6) is 0 Å². The molecule has 0 spiro atoms. The summed E-state index contributed by atoms with van der Waals surface area (Å²) in [5.74, 6) is -0.495. The summed E-state index contributed by atoms with van der Waals surface area (Å²) in [7, 11) is 0. The van der Waals surface area contributed by atoms with Crippen LogP contribution in [0.3, 0.4) is 0 Å². The van der Waals surface area contributed by atoms with Crippen LogP contribution in [0.15, 0.2) is 121 Å². The van der Waals surface area contributed by atoms with Gasteiger partial charge in [0.15, 0.2) is 5.69 Å². The van der Waals surface area contributed by atoms with Gasteiger partial charge in [-0.3, -0.25) is 0 Å². The van der Waals surface area contributed by atoms with Crippen LogP contribution in [0.4, 0.5) is 0 Å². The summed E-state index contributed by atoms with van der Waals surface area (Å²) in [5.41, 5.74) is 7.62. The standard InChI is InChI=1S/C34H25N3O2/c1-2-39-34(38)32-27(23-15-7-3-8-16-23)31-33(30(36-32)26-21-13-6-14-22-26)37-29(25-19-11-5-12-20-25)28(35-31)24-17-9-4-10-18-24/h3-22H,2H2,1H3. The molecule has 6 aromatic rings. The molecule has 0 bridgehead atoms. The summed E-state index contributed by atoms with van der Waals surface area (Å²) in [6.07, 6.45) is 0. The first-order valence-corrected chi connectivity index (χ1v) is 12.9. The Morgan fingerprint density at radius 3 is 1.41 bits per heavy atom. The van der Waals surface area contributed by atoms with Crippen LogP contribution in [0.1, 0.15) is 17.4 Å². The average molecular weight is 508 g/mol. The molecule has 0 amide bonds. The molecule has 2 heterocycles. The summed E-state index contributed by atoms with van der Waals surface area (Å²) in [4.78, 5) is 28.8. The van der Waals surface area contributed by atoms with Crippen LogP contribution < -0.4 is 0 Å². The summed E-state index contributed by atoms with van der Waals surface area (Å²) >= 11 is 0. The largest absolute Gasteiger partial charge is 0.461 e. The van der Waals surface area contributed by atoms with Gasteiger partial charge in [0.2, 0.25) is 0 Å². The van der Waals surface area contributed by atoms with Gasteiger partial charge in [-0.05, 0) is 12.5 Å². The normalized spacial score (nSPS) is 10.9. The van der Waals surface area contributed by atoms with Gasteiger partial charge in [-0.25, -0.2) is 19.7 Å². The number of aromatic nitrogens is 3. The molecular weight excluding hydrogens is 482 g/mol. The minimum absolute atomic E-state index is 0.218. The van der Waals surface area contributed by atoms with Crippen molar-refractivity contribution >= 4 is 17.0 Å². The quantitative estimate of drug-likeness (QED) is 0.215. The molecule has 5 nitrogen and oxygen atoms in total. The fourth-order valence-corrected chi connectivity index (χ4v) is 4.72. The maximum atomic E-state index is 13.4. The van der Waals surface area contributed by atoms with Crippen LogP contribution >= 0.6 is 0 Å². The molecule has 0 aliphatic carbocycles. The lowest BCUT2D eigenvalue weighted by atomic mass is 9.97. The lowest BCUT2D eigenvalue weighted by Gasteiger charge is -2.17. The van der Waals surface area contributed by atoms with Crippen LogP contribution in [0.25, 0.3) is 55.9 Å². The molecule has 0 aliphatic heterocycles. The van der Waals surface area contributed by atoms with E-state index in [1.54, 1.807) is 6.92 Å². The van der Waals surface area contributed by atoms with Crippen molar-refractivity contribution in [1.29, 1.82) is 0 Å². The maximum absolute atomic E-state index is 13.4. The predicted octanol–water partition coefficient (Wildman–Crippen LogP) is 7.87. The molecule has 0 N–H and O–H groups in total. The summed E-state index contributed by atoms with van der Waals surface area (Å²) < 4.78 is 5.49. The van der Waals surface area contributed by atoms with E-state index in [4.69, 9.17) is 19.7 Å². The van der Waals surface area contributed by atoms with Gasteiger partial charge in [0, 0.05) is 22.3 Å². The zero-order valence-electron chi connectivity index (χ0n) is 21.4. The second-order valence-electron chi connectivity index (χ2n) is 8.99. The Morgan fingerprint density at radius 2 is 0.949 bits per heavy atom. The van der Waals surface area contributed by atoms with E-state index >= 15 is 0 Å². The highest BCUT2D eigenvalue weighted by Gasteiger charge is 2.26. The third-order valence-electron chi connectivity index (χ3n) is 6.49. The highest BCUT2D eigenvalue weighted by atomic mass is 16.5. The van der Waals surface area contributed by atoms with Crippen LogP contribution in [0.2, 0.25) is 0 Å². The minimum Gasteiger partial charge on any atom is -0.461 e. The number of carbonyl (C=O) groups is 1. The molecule has 0 saturated heterocycles. The first-order valence-electron chi connectivity index (χ1n) is 12.9. The van der Waals surface area contributed by atoms with Gasteiger partial charge in [-0.15, -0.1) is 0 Å². The van der Waals surface area contributed by atoms with Crippen molar-refractivity contribution in [3.8, 4) is 44.9 Å². The molecule has 39 heavy (non-hydrogen) atoms. The smallest absolute Gasteiger partial charge is 0.357 e. The minimum atomic E-state index is -0.495. The van der Waals surface area contributed by atoms with Gasteiger partial charge in [0.25, 0.3) is 0 Å². The predicted molar refractivity (Wildman–Crippen MR) is 155 cm³/mol. The molecule has 0 aliphatic rings. The Bertz CT molecular complexity index is 1760. The molecular formula is C34H25N3O2. The highest BCUT2D eigenvalue weighted by Crippen LogP contribution is 2.39. The zero-order valence-corrected chi connectivity index (χ0v) is 21.4. The number of esters is 1. The van der Waals surface area contributed by atoms with Gasteiger partial charge in [-0.2, -0.15) is 0 Å². The number of hydrogen-bond acceptors (Lipinski definition) is 5. The van der Waals surface area contributed by atoms with Crippen molar-refractivity contribution in [2.24, 2.45) is 0 Å². The van der Waals surface area contributed by atoms with Crippen molar-refractivity contribution in [2.45, 2.75) is 6.92 Å². The molecule has 0 atom stereocenters. The zero-order chi connectivity index (χ0) is 26.6. The first kappa shape index (κ1) is 24.2. The third-order valence-corrected chi connectivity index (χ3v) is 6.49. The van der Waals surface area contributed by atoms with E-state index in [2.05, 4.69) is 0 Å². The number of pyridine rings is 1. The van der Waals surface area contributed by atoms with E-state index in [0.29, 0.717) is 22.3 Å². The lowest BCUT2D eigenvalue weighted by Crippen LogP contribution is -2.12. The van der Waals surface area contributed by atoms with Gasteiger partial charge < -0.3 is 4.74 Å². The van der Waals surface area contributed by atoms with Gasteiger partial charge in [0.05, 0.1) is 23.7 Å². The van der Waals surface area contributed by atoms with E-state index in [9.17, 15) is 4.79 Å². The molecule has 0 radical (unpaired) electrons. The number of fused-ring (bicyclic) bond motifs is 1. The average Bonchev–Trinajstić information content (AvgIpc) is 3.01. The third kappa shape index (κ3) is 4.66. The van der Waals surface area contributed by atoms with E-state index in [1.807, 2.05) is 121 Å². The number of nitrogens with zero attached hydrogens (tertiary/aromatic N) is 3. The van der Waals surface area contributed by atoms with Crippen LogP contribution in [-0.2, 0) is 4.74 Å². The Hall–Kier alpha value is -5.16. The van der Waals surface area contributed by atoms with Crippen LogP contribution in [0, 0.1) is 0 Å². The number of benzene rings is 4. The molecule has 0 fully saturated rings.